The summed E-state index contributed by atoms with van der Waals surface area (Å²) in [6, 6.07) is 23.7. The number of hydrogen-bond acceptors (Lipinski definition) is 2. The van der Waals surface area contributed by atoms with Gasteiger partial charge in [-0.3, -0.25) is 4.79 Å². The number of anilines is 1. The van der Waals surface area contributed by atoms with E-state index < -0.39 is 0 Å². The molecule has 0 radical (unpaired) electrons. The lowest BCUT2D eigenvalue weighted by Gasteiger charge is -2.25. The summed E-state index contributed by atoms with van der Waals surface area (Å²) in [7, 11) is 0. The van der Waals surface area contributed by atoms with E-state index in [-0.39, 0.29) is 5.91 Å². The van der Waals surface area contributed by atoms with Crippen LogP contribution in [0.2, 0.25) is 0 Å². The van der Waals surface area contributed by atoms with Crippen LogP contribution in [0.4, 0.5) is 5.69 Å². The van der Waals surface area contributed by atoms with Crippen molar-refractivity contribution in [2.45, 2.75) is 46.5 Å². The van der Waals surface area contributed by atoms with Crippen molar-refractivity contribution in [1.82, 2.24) is 4.90 Å². The lowest BCUT2D eigenvalue weighted by atomic mass is 9.97. The minimum Gasteiger partial charge on any atom is -0.369 e. The summed E-state index contributed by atoms with van der Waals surface area (Å²) in [4.78, 5) is 18.0. The molecule has 4 rings (SSSR count). The topological polar surface area (TPSA) is 23.6 Å². The molecule has 1 heterocycles. The van der Waals surface area contributed by atoms with Crippen molar-refractivity contribution >= 4 is 11.6 Å². The Hall–Kier alpha value is -3.07. The summed E-state index contributed by atoms with van der Waals surface area (Å²) in [5, 5.41) is 0. The summed E-state index contributed by atoms with van der Waals surface area (Å²) in [6.45, 7) is 9.84. The highest BCUT2D eigenvalue weighted by Gasteiger charge is 2.22. The zero-order valence-corrected chi connectivity index (χ0v) is 20.3. The molecular formula is C30H36N2O. The molecule has 3 aromatic rings. The summed E-state index contributed by atoms with van der Waals surface area (Å²) in [5.41, 5.74) is 8.11. The van der Waals surface area contributed by atoms with Gasteiger partial charge in [-0.2, -0.15) is 0 Å². The van der Waals surface area contributed by atoms with Gasteiger partial charge in [0.05, 0.1) is 0 Å². The van der Waals surface area contributed by atoms with E-state index >= 15 is 0 Å². The zero-order chi connectivity index (χ0) is 23.2. The number of para-hydroxylation sites is 1. The zero-order valence-electron chi connectivity index (χ0n) is 20.3. The van der Waals surface area contributed by atoms with Crippen LogP contribution in [0, 0.1) is 13.8 Å². The average Bonchev–Trinajstić information content (AvgIpc) is 3.10. The molecule has 3 aromatic carbocycles. The molecule has 0 bridgehead atoms. The van der Waals surface area contributed by atoms with Crippen molar-refractivity contribution in [2.24, 2.45) is 0 Å². The van der Waals surface area contributed by atoms with Crippen LogP contribution < -0.4 is 4.90 Å². The summed E-state index contributed by atoms with van der Waals surface area (Å²) in [5.74, 6) is 0.153. The van der Waals surface area contributed by atoms with E-state index in [1.54, 1.807) is 0 Å². The molecule has 3 heteroatoms. The van der Waals surface area contributed by atoms with Crippen molar-refractivity contribution in [3.63, 3.8) is 0 Å². The highest BCUT2D eigenvalue weighted by Crippen LogP contribution is 2.26. The molecule has 33 heavy (non-hydrogen) atoms. The molecule has 1 amide bonds. The van der Waals surface area contributed by atoms with Crippen LogP contribution in [0.15, 0.2) is 66.7 Å². The predicted molar refractivity (Wildman–Crippen MR) is 139 cm³/mol. The lowest BCUT2D eigenvalue weighted by Crippen LogP contribution is -2.35. The summed E-state index contributed by atoms with van der Waals surface area (Å²) in [6.07, 6.45) is 4.55. The van der Waals surface area contributed by atoms with Crippen LogP contribution in [-0.4, -0.2) is 37.0 Å². The van der Waals surface area contributed by atoms with E-state index in [1.807, 2.05) is 11.8 Å². The number of rotatable bonds is 6. The fourth-order valence-electron chi connectivity index (χ4n) is 4.73. The maximum absolute atomic E-state index is 13.5. The first-order chi connectivity index (χ1) is 16.1. The number of unbranched alkanes of at least 4 members (excludes halogenated alkanes) is 1. The number of hydrogen-bond donors (Lipinski definition) is 0. The Morgan fingerprint density at radius 3 is 2.33 bits per heavy atom. The third kappa shape index (κ3) is 5.47. The molecule has 0 aliphatic carbocycles. The molecule has 1 aliphatic heterocycles. The molecule has 172 valence electrons. The Labute approximate surface area is 199 Å². The molecule has 0 aromatic heterocycles. The Morgan fingerprint density at radius 1 is 0.818 bits per heavy atom. The van der Waals surface area contributed by atoms with Crippen LogP contribution in [0.25, 0.3) is 11.1 Å². The second-order valence-corrected chi connectivity index (χ2v) is 9.25. The molecule has 1 aliphatic rings. The van der Waals surface area contributed by atoms with Gasteiger partial charge in [0, 0.05) is 37.4 Å². The van der Waals surface area contributed by atoms with Gasteiger partial charge in [-0.15, -0.1) is 0 Å². The lowest BCUT2D eigenvalue weighted by molar-refractivity contribution is 0.0766. The highest BCUT2D eigenvalue weighted by molar-refractivity contribution is 5.97. The summed E-state index contributed by atoms with van der Waals surface area (Å²) >= 11 is 0. The molecule has 0 unspecified atom stereocenters. The van der Waals surface area contributed by atoms with Gasteiger partial charge in [0.25, 0.3) is 5.91 Å². The molecule has 0 N–H and O–H groups in total. The minimum absolute atomic E-state index is 0.153. The second-order valence-electron chi connectivity index (χ2n) is 9.25. The molecule has 0 spiro atoms. The van der Waals surface area contributed by atoms with Gasteiger partial charge < -0.3 is 9.80 Å². The third-order valence-electron chi connectivity index (χ3n) is 6.81. The number of carbonyl (C=O) groups excluding carboxylic acids is 1. The normalized spacial score (nSPS) is 14.3. The average molecular weight is 441 g/mol. The monoisotopic (exact) mass is 440 g/mol. The quantitative estimate of drug-likeness (QED) is 0.427. The number of aryl methyl sites for hydroxylation is 3. The van der Waals surface area contributed by atoms with Crippen LogP contribution >= 0.6 is 0 Å². The number of carbonyl (C=O) groups is 1. The van der Waals surface area contributed by atoms with Gasteiger partial charge >= 0.3 is 0 Å². The van der Waals surface area contributed by atoms with Crippen molar-refractivity contribution in [3.8, 4) is 11.1 Å². The molecule has 1 saturated heterocycles. The van der Waals surface area contributed by atoms with Gasteiger partial charge in [-0.05, 0) is 73.1 Å². The Kier molecular flexibility index (Phi) is 7.49. The number of benzene rings is 3. The SMILES string of the molecule is CCCCc1ccc(-c2ccc(C)c(C(=O)N3CCCN(c4ccccc4C)CC3)c2)cc1. The summed E-state index contributed by atoms with van der Waals surface area (Å²) < 4.78 is 0. The standard InChI is InChI=1S/C30H36N2O/c1-4-5-10-25-13-16-26(17-14-25)27-15-12-23(2)28(22-27)30(33)32-19-8-18-31(20-21-32)29-11-7-6-9-24(29)3/h6-7,9,11-17,22H,4-5,8,10,18-21H2,1-3H3. The number of nitrogens with zero attached hydrogens (tertiary/aromatic N) is 2. The first-order valence-electron chi connectivity index (χ1n) is 12.4. The van der Waals surface area contributed by atoms with Crippen LogP contribution in [0.3, 0.4) is 0 Å². The van der Waals surface area contributed by atoms with Crippen molar-refractivity contribution in [2.75, 3.05) is 31.1 Å². The Balaban J connectivity index is 1.49. The van der Waals surface area contributed by atoms with Crippen LogP contribution in [0.1, 0.15) is 53.2 Å². The largest absolute Gasteiger partial charge is 0.369 e. The number of amides is 1. The molecule has 0 saturated carbocycles. The first kappa shape index (κ1) is 23.1. The first-order valence-corrected chi connectivity index (χ1v) is 12.4. The fraction of sp³-hybridized carbons (Fsp3) is 0.367. The van der Waals surface area contributed by atoms with E-state index in [0.29, 0.717) is 0 Å². The van der Waals surface area contributed by atoms with Gasteiger partial charge in [-0.1, -0.05) is 67.9 Å². The van der Waals surface area contributed by atoms with Gasteiger partial charge in [0.2, 0.25) is 0 Å². The van der Waals surface area contributed by atoms with Crippen LogP contribution in [-0.2, 0) is 6.42 Å². The van der Waals surface area contributed by atoms with Crippen molar-refractivity contribution in [3.05, 3.63) is 89.0 Å². The van der Waals surface area contributed by atoms with Gasteiger partial charge in [-0.25, -0.2) is 0 Å². The molecule has 3 nitrogen and oxygen atoms in total. The van der Waals surface area contributed by atoms with Gasteiger partial charge in [0.1, 0.15) is 0 Å². The Morgan fingerprint density at radius 2 is 1.58 bits per heavy atom. The minimum atomic E-state index is 0.153. The predicted octanol–water partition coefficient (Wildman–Crippen LogP) is 6.67. The van der Waals surface area contributed by atoms with E-state index in [4.69, 9.17) is 0 Å². The van der Waals surface area contributed by atoms with E-state index in [1.165, 1.54) is 35.2 Å². The molecular weight excluding hydrogens is 404 g/mol. The Bertz CT molecular complexity index is 1090. The van der Waals surface area contributed by atoms with Crippen LogP contribution in [0.5, 0.6) is 0 Å². The second kappa shape index (κ2) is 10.7. The third-order valence-corrected chi connectivity index (χ3v) is 6.81. The van der Waals surface area contributed by atoms with E-state index in [0.717, 1.165) is 55.7 Å². The maximum atomic E-state index is 13.5. The van der Waals surface area contributed by atoms with Crippen molar-refractivity contribution < 1.29 is 4.79 Å². The van der Waals surface area contributed by atoms with E-state index in [9.17, 15) is 4.79 Å². The van der Waals surface area contributed by atoms with Gasteiger partial charge in [0.15, 0.2) is 0 Å². The maximum Gasteiger partial charge on any atom is 0.254 e. The molecule has 1 fully saturated rings. The fourth-order valence-corrected chi connectivity index (χ4v) is 4.73. The molecule has 0 atom stereocenters. The smallest absolute Gasteiger partial charge is 0.254 e. The highest BCUT2D eigenvalue weighted by atomic mass is 16.2. The van der Waals surface area contributed by atoms with Crippen molar-refractivity contribution in [1.29, 1.82) is 0 Å². The van der Waals surface area contributed by atoms with E-state index in [2.05, 4.69) is 85.5 Å².